The second-order valence-corrected chi connectivity index (χ2v) is 3.79. The Hall–Kier alpha value is -0.610. The van der Waals surface area contributed by atoms with Crippen LogP contribution in [0.25, 0.3) is 0 Å². The van der Waals surface area contributed by atoms with Crippen molar-refractivity contribution < 1.29 is 9.47 Å². The molecule has 1 fully saturated rings. The molecule has 1 aliphatic heterocycles. The lowest BCUT2D eigenvalue weighted by Crippen LogP contribution is -2.11. The summed E-state index contributed by atoms with van der Waals surface area (Å²) in [6.07, 6.45) is 3.77. The van der Waals surface area contributed by atoms with E-state index in [4.69, 9.17) is 20.6 Å². The average molecular weight is 200 g/mol. The van der Waals surface area contributed by atoms with E-state index in [1.807, 2.05) is 0 Å². The SMILES string of the molecule is N=C(N)CCCCOCC1CCOC1. The van der Waals surface area contributed by atoms with Gasteiger partial charge in [0.2, 0.25) is 0 Å². The van der Waals surface area contributed by atoms with E-state index in [1.165, 1.54) is 0 Å². The normalized spacial score (nSPS) is 21.3. The van der Waals surface area contributed by atoms with Crippen molar-refractivity contribution in [3.8, 4) is 0 Å². The molecule has 1 unspecified atom stereocenters. The second kappa shape index (κ2) is 6.79. The van der Waals surface area contributed by atoms with Gasteiger partial charge in [0.1, 0.15) is 0 Å². The summed E-state index contributed by atoms with van der Waals surface area (Å²) in [6, 6.07) is 0. The van der Waals surface area contributed by atoms with Crippen molar-refractivity contribution in [1.82, 2.24) is 0 Å². The molecule has 0 aromatic carbocycles. The van der Waals surface area contributed by atoms with Gasteiger partial charge in [0.15, 0.2) is 0 Å². The molecule has 1 aliphatic rings. The average Bonchev–Trinajstić information content (AvgIpc) is 2.63. The zero-order valence-corrected chi connectivity index (χ0v) is 8.63. The fourth-order valence-corrected chi connectivity index (χ4v) is 1.48. The number of amidine groups is 1. The first-order chi connectivity index (χ1) is 6.79. The Morgan fingerprint density at radius 3 is 3.00 bits per heavy atom. The van der Waals surface area contributed by atoms with Crippen molar-refractivity contribution in [2.75, 3.05) is 26.4 Å². The monoisotopic (exact) mass is 200 g/mol. The highest BCUT2D eigenvalue weighted by Gasteiger charge is 2.14. The summed E-state index contributed by atoms with van der Waals surface area (Å²) in [4.78, 5) is 0. The van der Waals surface area contributed by atoms with Crippen LogP contribution in [0.4, 0.5) is 0 Å². The number of rotatable bonds is 7. The smallest absolute Gasteiger partial charge is 0.0905 e. The first kappa shape index (κ1) is 11.5. The van der Waals surface area contributed by atoms with E-state index in [0.29, 0.717) is 12.3 Å². The molecular formula is C10H20N2O2. The van der Waals surface area contributed by atoms with Crippen LogP contribution in [0.1, 0.15) is 25.7 Å². The third kappa shape index (κ3) is 5.19. The predicted octanol–water partition coefficient (Wildman–Crippen LogP) is 1.15. The van der Waals surface area contributed by atoms with Crippen LogP contribution in [0.15, 0.2) is 0 Å². The van der Waals surface area contributed by atoms with Crippen LogP contribution < -0.4 is 5.73 Å². The van der Waals surface area contributed by atoms with E-state index in [2.05, 4.69) is 0 Å². The maximum Gasteiger partial charge on any atom is 0.0905 e. The summed E-state index contributed by atoms with van der Waals surface area (Å²) in [5.41, 5.74) is 5.23. The van der Waals surface area contributed by atoms with E-state index in [0.717, 1.165) is 45.7 Å². The van der Waals surface area contributed by atoms with Gasteiger partial charge in [-0.2, -0.15) is 0 Å². The van der Waals surface area contributed by atoms with Crippen molar-refractivity contribution >= 4 is 5.84 Å². The number of ether oxygens (including phenoxy) is 2. The number of nitrogens with two attached hydrogens (primary N) is 1. The van der Waals surface area contributed by atoms with E-state index < -0.39 is 0 Å². The zero-order valence-electron chi connectivity index (χ0n) is 8.63. The number of hydrogen-bond acceptors (Lipinski definition) is 3. The van der Waals surface area contributed by atoms with E-state index in [9.17, 15) is 0 Å². The molecule has 82 valence electrons. The Kier molecular flexibility index (Phi) is 5.56. The molecule has 1 saturated heterocycles. The summed E-state index contributed by atoms with van der Waals surface area (Å²) in [7, 11) is 0. The molecule has 0 amide bonds. The highest BCUT2D eigenvalue weighted by molar-refractivity contribution is 5.76. The van der Waals surface area contributed by atoms with Gasteiger partial charge in [0.25, 0.3) is 0 Å². The molecule has 0 radical (unpaired) electrons. The third-order valence-corrected chi connectivity index (χ3v) is 2.36. The van der Waals surface area contributed by atoms with Crippen LogP contribution in [0, 0.1) is 11.3 Å². The molecule has 0 saturated carbocycles. The van der Waals surface area contributed by atoms with Crippen molar-refractivity contribution in [1.29, 1.82) is 5.41 Å². The first-order valence-corrected chi connectivity index (χ1v) is 5.27. The van der Waals surface area contributed by atoms with E-state index in [1.54, 1.807) is 0 Å². The molecule has 0 spiro atoms. The summed E-state index contributed by atoms with van der Waals surface area (Å²) < 4.78 is 10.8. The summed E-state index contributed by atoms with van der Waals surface area (Å²) in [6.45, 7) is 3.34. The molecule has 4 heteroatoms. The number of unbranched alkanes of at least 4 members (excludes halogenated alkanes) is 1. The summed E-state index contributed by atoms with van der Waals surface area (Å²) in [5, 5.41) is 7.03. The Morgan fingerprint density at radius 2 is 2.36 bits per heavy atom. The maximum atomic E-state index is 7.03. The van der Waals surface area contributed by atoms with Gasteiger partial charge in [-0.05, 0) is 19.3 Å². The molecule has 14 heavy (non-hydrogen) atoms. The zero-order chi connectivity index (χ0) is 10.2. The molecule has 4 nitrogen and oxygen atoms in total. The molecule has 1 atom stereocenters. The van der Waals surface area contributed by atoms with E-state index in [-0.39, 0.29) is 5.84 Å². The van der Waals surface area contributed by atoms with Crippen molar-refractivity contribution in [2.45, 2.75) is 25.7 Å². The Balaban J connectivity index is 1.82. The largest absolute Gasteiger partial charge is 0.388 e. The van der Waals surface area contributed by atoms with Gasteiger partial charge in [-0.1, -0.05) is 0 Å². The van der Waals surface area contributed by atoms with Gasteiger partial charge < -0.3 is 15.2 Å². The minimum atomic E-state index is 0.272. The summed E-state index contributed by atoms with van der Waals surface area (Å²) in [5.74, 6) is 0.872. The Morgan fingerprint density at radius 1 is 1.50 bits per heavy atom. The molecule has 3 N–H and O–H groups in total. The third-order valence-electron chi connectivity index (χ3n) is 2.36. The first-order valence-electron chi connectivity index (χ1n) is 5.27. The second-order valence-electron chi connectivity index (χ2n) is 3.79. The van der Waals surface area contributed by atoms with Crippen LogP contribution in [0.5, 0.6) is 0 Å². The predicted molar refractivity (Wildman–Crippen MR) is 55.5 cm³/mol. The Labute approximate surface area is 85.3 Å². The quantitative estimate of drug-likeness (QED) is 0.368. The van der Waals surface area contributed by atoms with Crippen LogP contribution in [0.3, 0.4) is 0 Å². The lowest BCUT2D eigenvalue weighted by atomic mass is 10.1. The van der Waals surface area contributed by atoms with Crippen LogP contribution in [-0.4, -0.2) is 32.3 Å². The van der Waals surface area contributed by atoms with Crippen LogP contribution >= 0.6 is 0 Å². The lowest BCUT2D eigenvalue weighted by molar-refractivity contribution is 0.0876. The van der Waals surface area contributed by atoms with Crippen molar-refractivity contribution in [3.05, 3.63) is 0 Å². The minimum Gasteiger partial charge on any atom is -0.388 e. The fraction of sp³-hybridized carbons (Fsp3) is 0.900. The fourth-order valence-electron chi connectivity index (χ4n) is 1.48. The molecule has 1 rings (SSSR count). The topological polar surface area (TPSA) is 68.3 Å². The van der Waals surface area contributed by atoms with Crippen LogP contribution in [-0.2, 0) is 9.47 Å². The highest BCUT2D eigenvalue weighted by Crippen LogP contribution is 2.12. The molecule has 0 aromatic heterocycles. The minimum absolute atomic E-state index is 0.272. The van der Waals surface area contributed by atoms with Crippen LogP contribution in [0.2, 0.25) is 0 Å². The Bertz CT molecular complexity index is 168. The van der Waals surface area contributed by atoms with E-state index >= 15 is 0 Å². The molecule has 0 bridgehead atoms. The number of hydrogen-bond donors (Lipinski definition) is 2. The van der Waals surface area contributed by atoms with Gasteiger partial charge >= 0.3 is 0 Å². The van der Waals surface area contributed by atoms with Gasteiger partial charge in [0.05, 0.1) is 19.0 Å². The highest BCUT2D eigenvalue weighted by atomic mass is 16.5. The summed E-state index contributed by atoms with van der Waals surface area (Å²) >= 11 is 0. The molecule has 0 aliphatic carbocycles. The molecule has 0 aromatic rings. The van der Waals surface area contributed by atoms with Gasteiger partial charge in [-0.3, -0.25) is 5.41 Å². The van der Waals surface area contributed by atoms with Gasteiger partial charge in [0, 0.05) is 25.6 Å². The number of nitrogens with one attached hydrogen (secondary N) is 1. The maximum absolute atomic E-state index is 7.03. The lowest BCUT2D eigenvalue weighted by Gasteiger charge is -2.08. The molecule has 1 heterocycles. The van der Waals surface area contributed by atoms with Gasteiger partial charge in [-0.15, -0.1) is 0 Å². The standard InChI is InChI=1S/C10H20N2O2/c11-10(12)3-1-2-5-13-7-9-4-6-14-8-9/h9H,1-8H2,(H3,11,12). The molecular weight excluding hydrogens is 180 g/mol. The van der Waals surface area contributed by atoms with Crippen molar-refractivity contribution in [2.24, 2.45) is 11.7 Å². The van der Waals surface area contributed by atoms with Crippen molar-refractivity contribution in [3.63, 3.8) is 0 Å². The van der Waals surface area contributed by atoms with Gasteiger partial charge in [-0.25, -0.2) is 0 Å².